The number of rotatable bonds is 28. The van der Waals surface area contributed by atoms with E-state index >= 15 is 0 Å². The van der Waals surface area contributed by atoms with Crippen LogP contribution in [0.1, 0.15) is 89.9 Å². The molecule has 1 aliphatic heterocycles. The van der Waals surface area contributed by atoms with Crippen LogP contribution in [0.15, 0.2) is 34.9 Å². The van der Waals surface area contributed by atoms with E-state index < -0.39 is 95.8 Å². The number of halogens is 3. The Hall–Kier alpha value is -9.56. The molecule has 1 fully saturated rings. The first-order valence-electron chi connectivity index (χ1n) is 26.1. The standard InChI is InChI=1S/C42H84N28O7.C2HF3O2/c43-36(44)57-15-1-8-22-29(71)65-24(10-3-17-59-38(47)48)31(73)67-26(12-5-19-61-40(51)52)33(75)69-28(14-7-21-63-42(55)56)35(77)70-27(13-6-20-62-41(53)54)34(76)68-25(11-4-18-60-39(49)50)32(74)66-23(30(72)64-22)9-2-16-58-37(45)46;3-2(4,5)1(6)7/h22-28H,1-21H2,(H,64,72)(H,65,71)(H,66,74)(H,67,73)(H,68,76)(H,69,75)(H,70,77)(H4,43,44,57)(H4,45,46,58)(H4,47,48,59)(H4,49,50,60)(H4,51,52,61)(H4,53,54,62)(H4,55,56,63);(H,6,7)/t22-,23-,24-,25-,26-,27-,28-;/m0./s1. The van der Waals surface area contributed by atoms with Crippen LogP contribution in [0.4, 0.5) is 13.2 Å². The zero-order valence-corrected chi connectivity index (χ0v) is 46.5. The number of carboxylic acids is 1. The molecule has 0 bridgehead atoms. The molecule has 0 spiro atoms. The molecular weight excluding hydrogens is 1120 g/mol. The summed E-state index contributed by atoms with van der Waals surface area (Å²) < 4.78 is 31.7. The Balaban J connectivity index is 0.00000919. The Labute approximate surface area is 481 Å². The van der Waals surface area contributed by atoms with Gasteiger partial charge in [-0.05, 0) is 89.9 Å². The molecule has 0 aliphatic carbocycles. The maximum absolute atomic E-state index is 14.4. The van der Waals surface area contributed by atoms with E-state index in [4.69, 9.17) is 90.2 Å². The molecule has 7 atom stereocenters. The van der Waals surface area contributed by atoms with Crippen molar-refractivity contribution in [1.29, 1.82) is 0 Å². The molecule has 1 saturated heterocycles. The van der Waals surface area contributed by atoms with Crippen LogP contribution >= 0.6 is 0 Å². The van der Waals surface area contributed by atoms with E-state index in [-0.39, 0.29) is 177 Å². The van der Waals surface area contributed by atoms with Gasteiger partial charge < -0.3 is 123 Å². The van der Waals surface area contributed by atoms with E-state index in [0.29, 0.717) is 0 Å². The van der Waals surface area contributed by atoms with Crippen molar-refractivity contribution in [3.05, 3.63) is 0 Å². The fourth-order valence-electron chi connectivity index (χ4n) is 7.31. The van der Waals surface area contributed by atoms with E-state index in [0.717, 1.165) is 0 Å². The topological polar surface area (TPSA) is 692 Å². The highest BCUT2D eigenvalue weighted by atomic mass is 19.4. The van der Waals surface area contributed by atoms with E-state index in [2.05, 4.69) is 72.2 Å². The minimum Gasteiger partial charge on any atom is -0.475 e. The molecule has 36 N–H and O–H groups in total. The predicted octanol–water partition coefficient (Wildman–Crippen LogP) is -9.60. The summed E-state index contributed by atoms with van der Waals surface area (Å²) in [5.74, 6) is -10.5. The van der Waals surface area contributed by atoms with Crippen LogP contribution in [-0.4, -0.2) is 188 Å². The predicted molar refractivity (Wildman–Crippen MR) is 307 cm³/mol. The number of guanidine groups is 7. The van der Waals surface area contributed by atoms with Gasteiger partial charge in [0, 0.05) is 45.8 Å². The number of aliphatic imine (C=N–C) groups is 7. The normalized spacial score (nSPS) is 19.9. The summed E-state index contributed by atoms with van der Waals surface area (Å²) in [5.41, 5.74) is 77.6. The highest BCUT2D eigenvalue weighted by molar-refractivity contribution is 5.98. The molecular formula is C44H85F3N28O9. The molecule has 0 aromatic rings. The maximum atomic E-state index is 14.4. The average molecular weight is 1210 g/mol. The van der Waals surface area contributed by atoms with Crippen molar-refractivity contribution >= 4 is 89.0 Å². The molecule has 0 aromatic heterocycles. The summed E-state index contributed by atoms with van der Waals surface area (Å²) in [5, 5.41) is 25.9. The van der Waals surface area contributed by atoms with E-state index in [1.54, 1.807) is 0 Å². The summed E-state index contributed by atoms with van der Waals surface area (Å²) in [6.07, 6.45) is -5.02. The van der Waals surface area contributed by atoms with Gasteiger partial charge in [0.1, 0.15) is 42.3 Å². The van der Waals surface area contributed by atoms with Gasteiger partial charge in [0.25, 0.3) is 0 Å². The number of hydrogen-bond acceptors (Lipinski definition) is 15. The first-order chi connectivity index (χ1) is 39.3. The highest BCUT2D eigenvalue weighted by Crippen LogP contribution is 2.14. The summed E-state index contributed by atoms with van der Waals surface area (Å²) in [6, 6.07) is -9.91. The lowest BCUT2D eigenvalue weighted by molar-refractivity contribution is -0.192. The fourth-order valence-corrected chi connectivity index (χ4v) is 7.31. The minimum absolute atomic E-state index is 0.0168. The molecule has 1 heterocycles. The van der Waals surface area contributed by atoms with Gasteiger partial charge in [0.15, 0.2) is 41.7 Å². The van der Waals surface area contributed by atoms with Crippen LogP contribution < -0.4 is 117 Å². The second kappa shape index (κ2) is 40.6. The Morgan fingerprint density at radius 1 is 0.310 bits per heavy atom. The second-order valence-electron chi connectivity index (χ2n) is 18.4. The van der Waals surface area contributed by atoms with Gasteiger partial charge in [-0.1, -0.05) is 0 Å². The van der Waals surface area contributed by atoms with Gasteiger partial charge in [0.2, 0.25) is 41.4 Å². The lowest BCUT2D eigenvalue weighted by Crippen LogP contribution is -2.59. The number of nitrogens with one attached hydrogen (secondary N) is 7. The zero-order valence-electron chi connectivity index (χ0n) is 46.5. The Bertz CT molecular complexity index is 1930. The van der Waals surface area contributed by atoms with Crippen molar-refractivity contribution in [2.24, 2.45) is 115 Å². The van der Waals surface area contributed by atoms with Crippen molar-refractivity contribution in [2.75, 3.05) is 45.8 Å². The van der Waals surface area contributed by atoms with Crippen LogP contribution in [0.2, 0.25) is 0 Å². The van der Waals surface area contributed by atoms with Gasteiger partial charge >= 0.3 is 12.1 Å². The number of amides is 7. The van der Waals surface area contributed by atoms with E-state index in [9.17, 15) is 46.7 Å². The van der Waals surface area contributed by atoms with Crippen molar-refractivity contribution in [2.45, 2.75) is 138 Å². The van der Waals surface area contributed by atoms with Crippen LogP contribution in [0.3, 0.4) is 0 Å². The molecule has 0 aromatic carbocycles. The summed E-state index contributed by atoms with van der Waals surface area (Å²) in [7, 11) is 0. The summed E-state index contributed by atoms with van der Waals surface area (Å²) in [6.45, 7) is 0.117. The van der Waals surface area contributed by atoms with Crippen molar-refractivity contribution in [3.63, 3.8) is 0 Å². The molecule has 37 nitrogen and oxygen atoms in total. The third-order valence-electron chi connectivity index (χ3n) is 11.3. The number of alkyl halides is 3. The Morgan fingerprint density at radius 3 is 0.500 bits per heavy atom. The third kappa shape index (κ3) is 35.9. The quantitative estimate of drug-likeness (QED) is 0.0196. The van der Waals surface area contributed by atoms with Crippen molar-refractivity contribution < 1.29 is 56.6 Å². The number of nitrogens with zero attached hydrogens (tertiary/aromatic N) is 7. The lowest BCUT2D eigenvalue weighted by atomic mass is 10.0. The molecule has 7 amide bonds. The Morgan fingerprint density at radius 2 is 0.417 bits per heavy atom. The molecule has 0 radical (unpaired) electrons. The number of carbonyl (C=O) groups is 8. The molecule has 84 heavy (non-hydrogen) atoms. The molecule has 1 aliphatic rings. The van der Waals surface area contributed by atoms with Gasteiger partial charge in [-0.2, -0.15) is 13.2 Å². The van der Waals surface area contributed by atoms with E-state index in [1.165, 1.54) is 0 Å². The SMILES string of the molecule is NC(N)=NCCC[C@@H]1NC(=O)[C@H](CCCN=C(N)N)NC(=O)[C@H](CCCN=C(N)N)NC(=O)[C@H](CCCN=C(N)N)NC(=O)[C@H](CCCN=C(N)N)NC(=O)[C@H](CCCN=C(N)N)NC(=O)[C@H](CCCN=C(N)N)NC1=O.O=C(O)C(F)(F)F. The lowest BCUT2D eigenvalue weighted by Gasteiger charge is -2.27. The van der Waals surface area contributed by atoms with Gasteiger partial charge in [0.05, 0.1) is 0 Å². The zero-order chi connectivity index (χ0) is 64.0. The van der Waals surface area contributed by atoms with Crippen LogP contribution in [0.25, 0.3) is 0 Å². The van der Waals surface area contributed by atoms with Gasteiger partial charge in [-0.25, -0.2) is 4.79 Å². The highest BCUT2D eigenvalue weighted by Gasteiger charge is 2.39. The number of carbonyl (C=O) groups excluding carboxylic acids is 7. The van der Waals surface area contributed by atoms with Gasteiger partial charge in [-0.15, -0.1) is 0 Å². The molecule has 0 unspecified atom stereocenters. The smallest absolute Gasteiger partial charge is 0.475 e. The van der Waals surface area contributed by atoms with Crippen LogP contribution in [0.5, 0.6) is 0 Å². The minimum atomic E-state index is -5.08. The number of hydrogen-bond donors (Lipinski definition) is 22. The van der Waals surface area contributed by atoms with Crippen molar-refractivity contribution in [3.8, 4) is 0 Å². The molecule has 1 rings (SSSR count). The first kappa shape index (κ1) is 74.4. The summed E-state index contributed by atoms with van der Waals surface area (Å²) in [4.78, 5) is 138. The van der Waals surface area contributed by atoms with E-state index in [1.807, 2.05) is 0 Å². The van der Waals surface area contributed by atoms with Crippen LogP contribution in [-0.2, 0) is 38.4 Å². The summed E-state index contributed by atoms with van der Waals surface area (Å²) >= 11 is 0. The fraction of sp³-hybridized carbons (Fsp3) is 0.659. The number of nitrogens with two attached hydrogens (primary N) is 14. The molecule has 0 saturated carbocycles. The maximum Gasteiger partial charge on any atom is 0.490 e. The molecule has 476 valence electrons. The number of carboxylic acid groups (broad SMARTS) is 1. The Kier molecular flexibility index (Phi) is 36.0. The third-order valence-corrected chi connectivity index (χ3v) is 11.3. The average Bonchev–Trinajstić information content (AvgIpc) is 3.50. The molecule has 40 heteroatoms. The van der Waals surface area contributed by atoms with Crippen molar-refractivity contribution in [1.82, 2.24) is 37.2 Å². The van der Waals surface area contributed by atoms with Crippen LogP contribution in [0, 0.1) is 0 Å². The largest absolute Gasteiger partial charge is 0.490 e. The first-order valence-corrected chi connectivity index (χ1v) is 26.1. The monoisotopic (exact) mass is 1210 g/mol. The van der Waals surface area contributed by atoms with Gasteiger partial charge in [-0.3, -0.25) is 68.5 Å². The number of aliphatic carboxylic acids is 1. The second-order valence-corrected chi connectivity index (χ2v) is 18.4.